The number of carbonyl (C=O) groups is 2. The lowest BCUT2D eigenvalue weighted by Crippen LogP contribution is -2.24. The molecule has 2 aromatic carbocycles. The zero-order valence-electron chi connectivity index (χ0n) is 17.8. The number of carbonyl (C=O) groups excluding carboxylic acids is 2. The van der Waals surface area contributed by atoms with Gasteiger partial charge in [0.05, 0.1) is 16.9 Å². The minimum Gasteiger partial charge on any atom is -0.352 e. The molecule has 0 saturated heterocycles. The molecule has 1 aliphatic heterocycles. The van der Waals surface area contributed by atoms with Gasteiger partial charge in [-0.3, -0.25) is 9.59 Å². The van der Waals surface area contributed by atoms with Gasteiger partial charge in [-0.05, 0) is 62.4 Å². The number of allylic oxidation sites excluding steroid dienone is 1. The molecule has 1 heterocycles. The third-order valence-corrected chi connectivity index (χ3v) is 5.73. The van der Waals surface area contributed by atoms with Crippen LogP contribution < -0.4 is 10.6 Å². The predicted molar refractivity (Wildman–Crippen MR) is 117 cm³/mol. The number of nitrogens with zero attached hydrogens (tertiary/aromatic N) is 2. The molecule has 0 saturated carbocycles. The lowest BCUT2D eigenvalue weighted by molar-refractivity contribution is -0.136. The fourth-order valence-corrected chi connectivity index (χ4v) is 4.00. The summed E-state index contributed by atoms with van der Waals surface area (Å²) in [5.41, 5.74) is 1.16. The van der Waals surface area contributed by atoms with Crippen LogP contribution in [0.3, 0.4) is 0 Å². The molecule has 2 amide bonds. The summed E-state index contributed by atoms with van der Waals surface area (Å²) in [7, 11) is 0. The van der Waals surface area contributed by atoms with Crippen molar-refractivity contribution >= 4 is 23.2 Å². The molecule has 0 radical (unpaired) electrons. The van der Waals surface area contributed by atoms with Crippen molar-refractivity contribution in [1.82, 2.24) is 5.32 Å². The topological polar surface area (TPSA) is 82.9 Å². The lowest BCUT2D eigenvalue weighted by Gasteiger charge is -2.13. The van der Waals surface area contributed by atoms with Crippen LogP contribution in [0.2, 0.25) is 0 Å². The second-order valence-corrected chi connectivity index (χ2v) is 8.04. The number of amides is 2. The van der Waals surface area contributed by atoms with Crippen LogP contribution in [0.5, 0.6) is 0 Å². The van der Waals surface area contributed by atoms with Crippen molar-refractivity contribution in [3.05, 3.63) is 70.8 Å². The number of nitrogens with one attached hydrogen (secondary N) is 2. The molecule has 2 aliphatic rings. The summed E-state index contributed by atoms with van der Waals surface area (Å²) in [6.07, 6.45) is 3.14. The van der Waals surface area contributed by atoms with Crippen LogP contribution in [0.15, 0.2) is 64.3 Å². The molecule has 0 aromatic heterocycles. The number of alkyl halides is 3. The smallest absolute Gasteiger partial charge is 0.352 e. The molecule has 0 unspecified atom stereocenters. The molecule has 2 N–H and O–H groups in total. The van der Waals surface area contributed by atoms with E-state index >= 15 is 0 Å². The first-order chi connectivity index (χ1) is 15.8. The maximum atomic E-state index is 13.2. The number of hydrogen-bond acceptors (Lipinski definition) is 4. The van der Waals surface area contributed by atoms with Crippen LogP contribution in [-0.4, -0.2) is 18.4 Å². The van der Waals surface area contributed by atoms with Crippen molar-refractivity contribution < 1.29 is 22.8 Å². The Kier molecular flexibility index (Phi) is 6.57. The highest BCUT2D eigenvalue weighted by molar-refractivity contribution is 6.03. The van der Waals surface area contributed by atoms with Gasteiger partial charge in [-0.25, -0.2) is 0 Å². The summed E-state index contributed by atoms with van der Waals surface area (Å²) in [4.78, 5) is 24.5. The van der Waals surface area contributed by atoms with Crippen LogP contribution in [0, 0.1) is 0 Å². The van der Waals surface area contributed by atoms with Crippen LogP contribution in [0.25, 0.3) is 0 Å². The van der Waals surface area contributed by atoms with Gasteiger partial charge in [-0.15, -0.1) is 0 Å². The van der Waals surface area contributed by atoms with Crippen molar-refractivity contribution in [3.8, 4) is 0 Å². The standard InChI is InChI=1S/C24H23F3N4O2/c25-24(26,27)19-8-4-7-18-20(19)29-23(33)21(18)31-30-17-11-9-16(10-12-17)22(32)28-14-13-15-5-2-1-3-6-15/h4-5,7-12,21H,1-3,6,13-14H2,(H,28,32)(H,29,33)/t21-/m0/s1. The zero-order valence-corrected chi connectivity index (χ0v) is 17.8. The van der Waals surface area contributed by atoms with E-state index in [1.54, 1.807) is 24.3 Å². The van der Waals surface area contributed by atoms with Crippen LogP contribution in [0.4, 0.5) is 24.5 Å². The van der Waals surface area contributed by atoms with Crippen molar-refractivity contribution in [2.24, 2.45) is 10.2 Å². The van der Waals surface area contributed by atoms with Gasteiger partial charge in [-0.1, -0.05) is 23.8 Å². The maximum Gasteiger partial charge on any atom is 0.418 e. The molecule has 1 atom stereocenters. The number of anilines is 1. The van der Waals surface area contributed by atoms with Crippen molar-refractivity contribution in [2.45, 2.75) is 44.3 Å². The van der Waals surface area contributed by atoms with Gasteiger partial charge in [-0.2, -0.15) is 23.4 Å². The first-order valence-corrected chi connectivity index (χ1v) is 10.8. The first kappa shape index (κ1) is 22.7. The molecular formula is C24H23F3N4O2. The molecule has 0 spiro atoms. The van der Waals surface area contributed by atoms with Crippen LogP contribution >= 0.6 is 0 Å². The van der Waals surface area contributed by atoms with E-state index in [2.05, 4.69) is 26.9 Å². The van der Waals surface area contributed by atoms with E-state index in [4.69, 9.17) is 0 Å². The zero-order chi connectivity index (χ0) is 23.4. The van der Waals surface area contributed by atoms with E-state index in [1.165, 1.54) is 30.5 Å². The van der Waals surface area contributed by atoms with E-state index in [1.807, 2.05) is 0 Å². The highest BCUT2D eigenvalue weighted by atomic mass is 19.4. The molecular weight excluding hydrogens is 433 g/mol. The number of benzene rings is 2. The Balaban J connectivity index is 1.38. The molecule has 1 aliphatic carbocycles. The summed E-state index contributed by atoms with van der Waals surface area (Å²) >= 11 is 0. The van der Waals surface area contributed by atoms with Gasteiger partial charge in [0.25, 0.3) is 11.8 Å². The fourth-order valence-electron chi connectivity index (χ4n) is 4.00. The van der Waals surface area contributed by atoms with Gasteiger partial charge in [0.15, 0.2) is 6.04 Å². The van der Waals surface area contributed by atoms with Gasteiger partial charge < -0.3 is 10.6 Å². The number of fused-ring (bicyclic) bond motifs is 1. The van der Waals surface area contributed by atoms with Crippen molar-refractivity contribution in [2.75, 3.05) is 11.9 Å². The normalized spacial score (nSPS) is 18.1. The Hall–Kier alpha value is -3.49. The van der Waals surface area contributed by atoms with E-state index in [9.17, 15) is 22.8 Å². The molecule has 33 heavy (non-hydrogen) atoms. The molecule has 6 nitrogen and oxygen atoms in total. The minimum absolute atomic E-state index is 0.127. The third kappa shape index (κ3) is 5.30. The summed E-state index contributed by atoms with van der Waals surface area (Å²) in [5.74, 6) is -0.867. The monoisotopic (exact) mass is 456 g/mol. The summed E-state index contributed by atoms with van der Waals surface area (Å²) in [5, 5.41) is 13.1. The first-order valence-electron chi connectivity index (χ1n) is 10.8. The SMILES string of the molecule is O=C(NCCC1=CCCCC1)c1ccc(N=N[C@@H]2C(=O)Nc3c2cccc3C(F)(F)F)cc1. The second kappa shape index (κ2) is 9.56. The van der Waals surface area contributed by atoms with E-state index in [-0.39, 0.29) is 17.2 Å². The Morgan fingerprint density at radius 3 is 2.61 bits per heavy atom. The lowest BCUT2D eigenvalue weighted by atomic mass is 9.97. The number of para-hydroxylation sites is 1. The Labute approximate surface area is 189 Å². The number of azo groups is 1. The highest BCUT2D eigenvalue weighted by Gasteiger charge is 2.40. The third-order valence-electron chi connectivity index (χ3n) is 5.73. The highest BCUT2D eigenvalue weighted by Crippen LogP contribution is 2.43. The molecule has 2 aromatic rings. The molecule has 0 fully saturated rings. The number of hydrogen-bond donors (Lipinski definition) is 2. The quantitative estimate of drug-likeness (QED) is 0.407. The van der Waals surface area contributed by atoms with Gasteiger partial charge in [0.2, 0.25) is 0 Å². The second-order valence-electron chi connectivity index (χ2n) is 8.04. The Bertz CT molecular complexity index is 1110. The molecule has 172 valence electrons. The average Bonchev–Trinajstić information content (AvgIpc) is 3.12. The van der Waals surface area contributed by atoms with Gasteiger partial charge >= 0.3 is 6.18 Å². The van der Waals surface area contributed by atoms with E-state index in [0.29, 0.717) is 17.8 Å². The van der Waals surface area contributed by atoms with Crippen LogP contribution in [0.1, 0.15) is 59.6 Å². The van der Waals surface area contributed by atoms with Crippen molar-refractivity contribution in [1.29, 1.82) is 0 Å². The molecule has 0 bridgehead atoms. The number of rotatable bonds is 6. The Morgan fingerprint density at radius 1 is 1.12 bits per heavy atom. The maximum absolute atomic E-state index is 13.2. The molecule has 4 rings (SSSR count). The predicted octanol–water partition coefficient (Wildman–Crippen LogP) is 6.10. The largest absolute Gasteiger partial charge is 0.418 e. The van der Waals surface area contributed by atoms with Gasteiger partial charge in [0.1, 0.15) is 0 Å². The summed E-state index contributed by atoms with van der Waals surface area (Å²) < 4.78 is 39.5. The van der Waals surface area contributed by atoms with Crippen molar-refractivity contribution in [3.63, 3.8) is 0 Å². The fraction of sp³-hybridized carbons (Fsp3) is 0.333. The number of halogens is 3. The molecule has 9 heteroatoms. The Morgan fingerprint density at radius 2 is 1.91 bits per heavy atom. The van der Waals surface area contributed by atoms with E-state index < -0.39 is 23.7 Å². The minimum atomic E-state index is -4.59. The summed E-state index contributed by atoms with van der Waals surface area (Å²) in [6.45, 7) is 0.572. The van der Waals surface area contributed by atoms with Gasteiger partial charge in [0, 0.05) is 17.7 Å². The van der Waals surface area contributed by atoms with Crippen LogP contribution in [-0.2, 0) is 11.0 Å². The average molecular weight is 456 g/mol. The summed E-state index contributed by atoms with van der Waals surface area (Å²) in [6, 6.07) is 8.73. The van der Waals surface area contributed by atoms with E-state index in [0.717, 1.165) is 25.3 Å².